The van der Waals surface area contributed by atoms with E-state index in [1.165, 1.54) is 136 Å². The highest BCUT2D eigenvalue weighted by Crippen LogP contribution is 2.25. The second kappa shape index (κ2) is 16.6. The molecule has 0 N–H and O–H groups in total. The lowest BCUT2D eigenvalue weighted by Gasteiger charge is -2.15. The lowest BCUT2D eigenvalue weighted by molar-refractivity contribution is -0.645. The van der Waals surface area contributed by atoms with Gasteiger partial charge in [0.25, 0.3) is 0 Å². The number of benzene rings is 2. The van der Waals surface area contributed by atoms with Crippen LogP contribution < -0.4 is 14.4 Å². The zero-order valence-corrected chi connectivity index (χ0v) is 25.4. The van der Waals surface area contributed by atoms with Crippen molar-refractivity contribution in [2.75, 3.05) is 38.0 Å². The largest absolute Gasteiger partial charge is 0.377 e. The molecule has 0 radical (unpaired) electrons. The van der Waals surface area contributed by atoms with Gasteiger partial charge in [-0.05, 0) is 36.8 Å². The molecule has 0 aliphatic carbocycles. The Labute approximate surface area is 234 Å². The van der Waals surface area contributed by atoms with E-state index in [1.807, 2.05) is 0 Å². The van der Waals surface area contributed by atoms with E-state index in [-0.39, 0.29) is 0 Å². The zero-order chi connectivity index (χ0) is 27.2. The SMILES string of the molecule is CCCCCCCCCCCCCCCCCC[n+]1c2cc(N(C)C)ccc2cc2ccc(N(C)C)cc21. The molecular formula is C35H56N3+. The lowest BCUT2D eigenvalue weighted by Crippen LogP contribution is -2.36. The van der Waals surface area contributed by atoms with Crippen molar-refractivity contribution < 1.29 is 4.57 Å². The molecular weight excluding hydrogens is 462 g/mol. The molecule has 0 unspecified atom stereocenters. The molecule has 3 aromatic rings. The van der Waals surface area contributed by atoms with Gasteiger partial charge in [0.05, 0.1) is 0 Å². The van der Waals surface area contributed by atoms with E-state index in [2.05, 4.69) is 91.9 Å². The number of unbranched alkanes of at least 4 members (excludes halogenated alkanes) is 15. The number of rotatable bonds is 19. The minimum atomic E-state index is 1.08. The molecule has 0 amide bonds. The third kappa shape index (κ3) is 9.47. The highest BCUT2D eigenvalue weighted by molar-refractivity contribution is 5.91. The van der Waals surface area contributed by atoms with Gasteiger partial charge in [0.1, 0.15) is 6.54 Å². The molecule has 3 nitrogen and oxygen atoms in total. The van der Waals surface area contributed by atoms with Gasteiger partial charge in [0.2, 0.25) is 11.0 Å². The predicted molar refractivity (Wildman–Crippen MR) is 170 cm³/mol. The molecule has 0 spiro atoms. The Morgan fingerprint density at radius 3 is 1.21 bits per heavy atom. The van der Waals surface area contributed by atoms with E-state index in [0.717, 1.165) is 6.54 Å². The molecule has 38 heavy (non-hydrogen) atoms. The molecule has 0 bridgehead atoms. The Morgan fingerprint density at radius 1 is 0.474 bits per heavy atom. The van der Waals surface area contributed by atoms with Gasteiger partial charge in [-0.25, -0.2) is 0 Å². The summed E-state index contributed by atoms with van der Waals surface area (Å²) < 4.78 is 2.58. The molecule has 0 atom stereocenters. The van der Waals surface area contributed by atoms with Crippen molar-refractivity contribution in [2.24, 2.45) is 0 Å². The van der Waals surface area contributed by atoms with E-state index in [9.17, 15) is 0 Å². The third-order valence-electron chi connectivity index (χ3n) is 8.19. The topological polar surface area (TPSA) is 10.4 Å². The number of aryl methyl sites for hydroxylation is 1. The highest BCUT2D eigenvalue weighted by Gasteiger charge is 2.17. The average Bonchev–Trinajstić information content (AvgIpc) is 2.91. The normalized spacial score (nSPS) is 11.5. The standard InChI is InChI=1S/C35H56N3/c1-6-7-8-9-10-11-12-13-14-15-16-17-18-19-20-21-26-38-34-28-32(36(2)3)24-22-30(34)27-31-23-25-33(37(4)5)29-35(31)38/h22-25,27-29H,6-21,26H2,1-5H3/q+1. The fourth-order valence-corrected chi connectivity index (χ4v) is 5.69. The van der Waals surface area contributed by atoms with Crippen LogP contribution in [0.5, 0.6) is 0 Å². The van der Waals surface area contributed by atoms with Crippen molar-refractivity contribution in [1.29, 1.82) is 0 Å². The molecule has 3 rings (SSSR count). The Balaban J connectivity index is 1.44. The van der Waals surface area contributed by atoms with Gasteiger partial charge in [0.15, 0.2) is 0 Å². The van der Waals surface area contributed by atoms with Crippen LogP contribution in [-0.2, 0) is 6.54 Å². The average molecular weight is 519 g/mol. The lowest BCUT2D eigenvalue weighted by atomic mass is 10.0. The molecule has 0 saturated carbocycles. The van der Waals surface area contributed by atoms with Crippen LogP contribution >= 0.6 is 0 Å². The van der Waals surface area contributed by atoms with E-state index < -0.39 is 0 Å². The van der Waals surface area contributed by atoms with Crippen LogP contribution in [0.3, 0.4) is 0 Å². The number of nitrogens with zero attached hydrogens (tertiary/aromatic N) is 3. The quantitative estimate of drug-likeness (QED) is 0.0888. The van der Waals surface area contributed by atoms with Crippen LogP contribution in [0, 0.1) is 0 Å². The van der Waals surface area contributed by atoms with Gasteiger partial charge in [-0.2, -0.15) is 4.57 Å². The molecule has 1 heterocycles. The second-order valence-corrected chi connectivity index (χ2v) is 11.9. The summed E-state index contributed by atoms with van der Waals surface area (Å²) in [7, 11) is 8.53. The number of aromatic nitrogens is 1. The first-order valence-electron chi connectivity index (χ1n) is 15.8. The summed E-state index contributed by atoms with van der Waals surface area (Å²) in [5.41, 5.74) is 5.23. The molecule has 0 saturated heterocycles. The fourth-order valence-electron chi connectivity index (χ4n) is 5.69. The molecule has 210 valence electrons. The van der Waals surface area contributed by atoms with E-state index in [1.54, 1.807) is 0 Å². The first-order chi connectivity index (χ1) is 18.5. The van der Waals surface area contributed by atoms with E-state index >= 15 is 0 Å². The molecule has 1 aromatic heterocycles. The summed E-state index contributed by atoms with van der Waals surface area (Å²) in [6.07, 6.45) is 22.6. The summed E-state index contributed by atoms with van der Waals surface area (Å²) in [4.78, 5) is 4.41. The summed E-state index contributed by atoms with van der Waals surface area (Å²) >= 11 is 0. The number of fused-ring (bicyclic) bond motifs is 2. The van der Waals surface area contributed by atoms with Crippen LogP contribution in [0.4, 0.5) is 11.4 Å². The maximum absolute atomic E-state index is 2.58. The Bertz CT molecular complexity index is 1020. The minimum Gasteiger partial charge on any atom is -0.377 e. The molecule has 0 aliphatic heterocycles. The van der Waals surface area contributed by atoms with Crippen LogP contribution in [0.2, 0.25) is 0 Å². The minimum absolute atomic E-state index is 1.08. The number of hydrogen-bond donors (Lipinski definition) is 0. The van der Waals surface area contributed by atoms with Crippen molar-refractivity contribution in [3.63, 3.8) is 0 Å². The maximum Gasteiger partial charge on any atom is 0.215 e. The number of pyridine rings is 1. The fraction of sp³-hybridized carbons (Fsp3) is 0.629. The smallest absolute Gasteiger partial charge is 0.215 e. The zero-order valence-electron chi connectivity index (χ0n) is 25.4. The van der Waals surface area contributed by atoms with Crippen LogP contribution in [0.25, 0.3) is 21.8 Å². The molecule has 0 fully saturated rings. The third-order valence-corrected chi connectivity index (χ3v) is 8.19. The van der Waals surface area contributed by atoms with Gasteiger partial charge >= 0.3 is 0 Å². The number of anilines is 2. The Hall–Kier alpha value is -2.29. The maximum atomic E-state index is 2.58. The molecule has 2 aromatic carbocycles. The summed E-state index contributed by atoms with van der Waals surface area (Å²) in [5.74, 6) is 0. The van der Waals surface area contributed by atoms with Crippen LogP contribution in [0.15, 0.2) is 42.5 Å². The molecule has 3 heteroatoms. The monoisotopic (exact) mass is 518 g/mol. The van der Waals surface area contributed by atoms with Crippen molar-refractivity contribution >= 4 is 33.2 Å². The first kappa shape index (κ1) is 30.3. The van der Waals surface area contributed by atoms with Crippen molar-refractivity contribution in [2.45, 2.75) is 116 Å². The van der Waals surface area contributed by atoms with Gasteiger partial charge in [-0.3, -0.25) is 0 Å². The van der Waals surface area contributed by atoms with Gasteiger partial charge < -0.3 is 9.80 Å². The van der Waals surface area contributed by atoms with Crippen molar-refractivity contribution in [3.8, 4) is 0 Å². The van der Waals surface area contributed by atoms with Crippen LogP contribution in [-0.4, -0.2) is 28.2 Å². The summed E-state index contributed by atoms with van der Waals surface area (Å²) in [6.45, 7) is 3.38. The second-order valence-electron chi connectivity index (χ2n) is 11.9. The van der Waals surface area contributed by atoms with E-state index in [4.69, 9.17) is 0 Å². The molecule has 0 aliphatic rings. The Morgan fingerprint density at radius 2 is 0.842 bits per heavy atom. The summed E-state index contributed by atoms with van der Waals surface area (Å²) in [5, 5.41) is 2.66. The van der Waals surface area contributed by atoms with Gasteiger partial charge in [0, 0.05) is 68.9 Å². The van der Waals surface area contributed by atoms with E-state index in [0.29, 0.717) is 0 Å². The van der Waals surface area contributed by atoms with Gasteiger partial charge in [-0.15, -0.1) is 0 Å². The van der Waals surface area contributed by atoms with Crippen molar-refractivity contribution in [1.82, 2.24) is 0 Å². The highest BCUT2D eigenvalue weighted by atomic mass is 15.1. The van der Waals surface area contributed by atoms with Crippen molar-refractivity contribution in [3.05, 3.63) is 42.5 Å². The Kier molecular flexibility index (Phi) is 13.2. The summed E-state index contributed by atoms with van der Waals surface area (Å²) in [6, 6.07) is 16.1. The van der Waals surface area contributed by atoms with Gasteiger partial charge in [-0.1, -0.05) is 96.8 Å². The predicted octanol–water partition coefficient (Wildman–Crippen LogP) is 9.67. The number of hydrogen-bond acceptors (Lipinski definition) is 2. The first-order valence-corrected chi connectivity index (χ1v) is 15.8. The van der Waals surface area contributed by atoms with Crippen LogP contribution in [0.1, 0.15) is 110 Å².